The summed E-state index contributed by atoms with van der Waals surface area (Å²) in [4.78, 5) is 11.7. The maximum Gasteiger partial charge on any atom is 0.221 e. The van der Waals surface area contributed by atoms with Crippen LogP contribution in [0, 0.1) is 6.92 Å². The van der Waals surface area contributed by atoms with Crippen LogP contribution in [0.4, 0.5) is 0 Å². The van der Waals surface area contributed by atoms with Crippen LogP contribution in [0.5, 0.6) is 0 Å². The molecule has 0 saturated heterocycles. The number of hydrogen-bond acceptors (Lipinski definition) is 3. The van der Waals surface area contributed by atoms with Gasteiger partial charge in [-0.2, -0.15) is 10.2 Å². The summed E-state index contributed by atoms with van der Waals surface area (Å²) in [6.45, 7) is 4.04. The third-order valence-electron chi connectivity index (χ3n) is 2.83. The highest BCUT2D eigenvalue weighted by Crippen LogP contribution is 2.06. The van der Waals surface area contributed by atoms with Crippen LogP contribution in [0.15, 0.2) is 29.1 Å². The lowest BCUT2D eigenvalue weighted by Gasteiger charge is -2.05. The van der Waals surface area contributed by atoms with E-state index in [0.717, 1.165) is 23.1 Å². The first-order valence-corrected chi connectivity index (χ1v) is 7.37. The third-order valence-corrected chi connectivity index (χ3v) is 3.24. The summed E-state index contributed by atoms with van der Waals surface area (Å²) in [7, 11) is 0. The van der Waals surface area contributed by atoms with Crippen LogP contribution < -0.4 is 5.32 Å². The molecule has 0 bridgehead atoms. The van der Waals surface area contributed by atoms with Gasteiger partial charge >= 0.3 is 0 Å². The van der Waals surface area contributed by atoms with Crippen molar-refractivity contribution in [3.05, 3.63) is 34.8 Å². The Morgan fingerprint density at radius 3 is 2.90 bits per heavy atom. The maximum absolute atomic E-state index is 11.7. The quantitative estimate of drug-likeness (QED) is 0.781. The molecule has 0 aliphatic heterocycles. The summed E-state index contributed by atoms with van der Waals surface area (Å²) in [6.07, 6.45) is 6.83. The number of nitrogens with one attached hydrogen (secondary N) is 1. The molecule has 0 saturated carbocycles. The Balaban J connectivity index is 1.58. The molecule has 20 heavy (non-hydrogen) atoms. The number of aromatic nitrogens is 4. The van der Waals surface area contributed by atoms with E-state index in [2.05, 4.69) is 31.4 Å². The molecule has 0 unspecified atom stereocenters. The van der Waals surface area contributed by atoms with Gasteiger partial charge in [0.15, 0.2) is 0 Å². The van der Waals surface area contributed by atoms with Crippen molar-refractivity contribution in [2.75, 3.05) is 6.54 Å². The van der Waals surface area contributed by atoms with Crippen LogP contribution in [-0.4, -0.2) is 32.0 Å². The number of hydrogen-bond donors (Lipinski definition) is 1. The fourth-order valence-electron chi connectivity index (χ4n) is 1.82. The second-order valence-electron chi connectivity index (χ2n) is 4.60. The smallest absolute Gasteiger partial charge is 0.221 e. The van der Waals surface area contributed by atoms with Gasteiger partial charge in [-0.15, -0.1) is 0 Å². The Hall–Kier alpha value is -1.63. The molecule has 0 fully saturated rings. The van der Waals surface area contributed by atoms with Gasteiger partial charge in [-0.05, 0) is 35.3 Å². The molecule has 1 amide bonds. The van der Waals surface area contributed by atoms with Gasteiger partial charge in [0, 0.05) is 38.4 Å². The van der Waals surface area contributed by atoms with Crippen molar-refractivity contribution in [2.24, 2.45) is 0 Å². The highest BCUT2D eigenvalue weighted by atomic mass is 79.9. The molecule has 2 aromatic rings. The maximum atomic E-state index is 11.7. The Kier molecular flexibility index (Phi) is 5.34. The second-order valence-corrected chi connectivity index (χ2v) is 5.51. The van der Waals surface area contributed by atoms with E-state index in [0.29, 0.717) is 19.5 Å². The van der Waals surface area contributed by atoms with Gasteiger partial charge in [-0.3, -0.25) is 14.2 Å². The molecule has 2 rings (SSSR count). The van der Waals surface area contributed by atoms with E-state index < -0.39 is 0 Å². The standard InChI is InChI=1S/C13H18BrN5O/c1-11-3-7-18(17-11)6-2-5-15-13(20)4-8-19-10-12(14)9-16-19/h3,7,9-10H,2,4-6,8H2,1H3,(H,15,20). The summed E-state index contributed by atoms with van der Waals surface area (Å²) in [5, 5.41) is 11.3. The van der Waals surface area contributed by atoms with Gasteiger partial charge in [0.2, 0.25) is 5.91 Å². The first-order valence-electron chi connectivity index (χ1n) is 6.58. The zero-order chi connectivity index (χ0) is 14.4. The number of nitrogens with zero attached hydrogens (tertiary/aromatic N) is 4. The van der Waals surface area contributed by atoms with Crippen molar-refractivity contribution in [2.45, 2.75) is 32.9 Å². The molecule has 1 N–H and O–H groups in total. The summed E-state index contributed by atoms with van der Waals surface area (Å²) in [6, 6.07) is 1.97. The third kappa shape index (κ3) is 4.80. The number of carbonyl (C=O) groups excluding carboxylic acids is 1. The first-order chi connectivity index (χ1) is 9.63. The van der Waals surface area contributed by atoms with Gasteiger partial charge < -0.3 is 5.32 Å². The van der Waals surface area contributed by atoms with Crippen molar-refractivity contribution in [1.82, 2.24) is 24.9 Å². The summed E-state index contributed by atoms with van der Waals surface area (Å²) < 4.78 is 4.56. The lowest BCUT2D eigenvalue weighted by Crippen LogP contribution is -2.26. The zero-order valence-electron chi connectivity index (χ0n) is 11.4. The number of carbonyl (C=O) groups is 1. The van der Waals surface area contributed by atoms with Crippen molar-refractivity contribution in [3.63, 3.8) is 0 Å². The van der Waals surface area contributed by atoms with E-state index in [-0.39, 0.29) is 5.91 Å². The molecule has 0 aliphatic carbocycles. The molecule has 0 spiro atoms. The number of rotatable bonds is 7. The first kappa shape index (κ1) is 14.8. The summed E-state index contributed by atoms with van der Waals surface area (Å²) in [5.41, 5.74) is 1.01. The molecule has 0 aromatic carbocycles. The number of aryl methyl sites for hydroxylation is 3. The fourth-order valence-corrected chi connectivity index (χ4v) is 2.15. The molecule has 2 heterocycles. The minimum absolute atomic E-state index is 0.0493. The Morgan fingerprint density at radius 1 is 1.40 bits per heavy atom. The van der Waals surface area contributed by atoms with E-state index in [1.807, 2.05) is 30.1 Å². The van der Waals surface area contributed by atoms with Gasteiger partial charge in [-0.1, -0.05) is 0 Å². The predicted molar refractivity (Wildman–Crippen MR) is 79.1 cm³/mol. The largest absolute Gasteiger partial charge is 0.356 e. The average molecular weight is 340 g/mol. The normalized spacial score (nSPS) is 10.7. The van der Waals surface area contributed by atoms with Crippen LogP contribution in [0.1, 0.15) is 18.5 Å². The topological polar surface area (TPSA) is 64.7 Å². The summed E-state index contributed by atoms with van der Waals surface area (Å²) >= 11 is 3.32. The van der Waals surface area contributed by atoms with Gasteiger partial charge in [-0.25, -0.2) is 0 Å². The van der Waals surface area contributed by atoms with Crippen LogP contribution in [0.3, 0.4) is 0 Å². The zero-order valence-corrected chi connectivity index (χ0v) is 13.0. The van der Waals surface area contributed by atoms with E-state index in [1.165, 1.54) is 0 Å². The molecule has 6 nitrogen and oxygen atoms in total. The number of halogens is 1. The van der Waals surface area contributed by atoms with Crippen LogP contribution in [0.25, 0.3) is 0 Å². The molecule has 2 aromatic heterocycles. The minimum atomic E-state index is 0.0493. The van der Waals surface area contributed by atoms with Gasteiger partial charge in [0.1, 0.15) is 0 Å². The van der Waals surface area contributed by atoms with Crippen LogP contribution >= 0.6 is 15.9 Å². The molecule has 108 valence electrons. The molecule has 0 atom stereocenters. The minimum Gasteiger partial charge on any atom is -0.356 e. The Labute approximate surface area is 126 Å². The molecule has 7 heteroatoms. The van der Waals surface area contributed by atoms with Crippen molar-refractivity contribution in [1.29, 1.82) is 0 Å². The van der Waals surface area contributed by atoms with Crippen molar-refractivity contribution in [3.8, 4) is 0 Å². The van der Waals surface area contributed by atoms with Crippen LogP contribution in [-0.2, 0) is 17.9 Å². The Morgan fingerprint density at radius 2 is 2.25 bits per heavy atom. The molecular weight excluding hydrogens is 322 g/mol. The summed E-state index contributed by atoms with van der Waals surface area (Å²) in [5.74, 6) is 0.0493. The predicted octanol–water partition coefficient (Wildman–Crippen LogP) is 1.75. The lowest BCUT2D eigenvalue weighted by atomic mass is 10.3. The van der Waals surface area contributed by atoms with Crippen LogP contribution in [0.2, 0.25) is 0 Å². The molecular formula is C13H18BrN5O. The van der Waals surface area contributed by atoms with E-state index in [1.54, 1.807) is 10.9 Å². The highest BCUT2D eigenvalue weighted by molar-refractivity contribution is 9.10. The van der Waals surface area contributed by atoms with Gasteiger partial charge in [0.05, 0.1) is 16.4 Å². The molecule has 0 radical (unpaired) electrons. The van der Waals surface area contributed by atoms with E-state index >= 15 is 0 Å². The van der Waals surface area contributed by atoms with Crippen molar-refractivity contribution >= 4 is 21.8 Å². The van der Waals surface area contributed by atoms with E-state index in [4.69, 9.17) is 0 Å². The highest BCUT2D eigenvalue weighted by Gasteiger charge is 2.02. The fraction of sp³-hybridized carbons (Fsp3) is 0.462. The van der Waals surface area contributed by atoms with Crippen molar-refractivity contribution < 1.29 is 4.79 Å². The average Bonchev–Trinajstić information content (AvgIpc) is 3.01. The van der Waals surface area contributed by atoms with Gasteiger partial charge in [0.25, 0.3) is 0 Å². The number of amides is 1. The monoisotopic (exact) mass is 339 g/mol. The Bertz CT molecular complexity index is 563. The lowest BCUT2D eigenvalue weighted by molar-refractivity contribution is -0.121. The second kappa shape index (κ2) is 7.23. The SMILES string of the molecule is Cc1ccn(CCCNC(=O)CCn2cc(Br)cn2)n1. The molecule has 0 aliphatic rings. The van der Waals surface area contributed by atoms with E-state index in [9.17, 15) is 4.79 Å².